The molecule has 0 amide bonds. The first-order valence-electron chi connectivity index (χ1n) is 6.36. The maximum Gasteiger partial charge on any atom is 0.387 e. The van der Waals surface area contributed by atoms with E-state index in [1.54, 1.807) is 30.6 Å². The van der Waals surface area contributed by atoms with Crippen LogP contribution in [-0.2, 0) is 6.54 Å². The zero-order valence-corrected chi connectivity index (χ0v) is 11.8. The molecule has 0 atom stereocenters. The van der Waals surface area contributed by atoms with Crippen LogP contribution >= 0.6 is 0 Å². The Morgan fingerprint density at radius 1 is 1.29 bits per heavy atom. The van der Waals surface area contributed by atoms with Gasteiger partial charge in [-0.2, -0.15) is 8.78 Å². The van der Waals surface area contributed by atoms with Gasteiger partial charge in [-0.25, -0.2) is 0 Å². The number of aromatic nitrogens is 1. The van der Waals surface area contributed by atoms with Gasteiger partial charge in [0.1, 0.15) is 0 Å². The van der Waals surface area contributed by atoms with Crippen molar-refractivity contribution in [2.24, 2.45) is 0 Å². The van der Waals surface area contributed by atoms with E-state index in [0.29, 0.717) is 12.1 Å². The van der Waals surface area contributed by atoms with Crippen molar-refractivity contribution >= 4 is 5.69 Å². The van der Waals surface area contributed by atoms with Crippen LogP contribution in [0.5, 0.6) is 11.5 Å². The standard InChI is InChI=1S/C15H16F2N2O2/c1-10-6-12(9-18-7-10)19-8-11-4-3-5-13(20-2)14(11)21-15(16)17/h3-7,9,15,19H,8H2,1-2H3. The van der Waals surface area contributed by atoms with Crippen molar-refractivity contribution in [3.05, 3.63) is 47.8 Å². The zero-order valence-electron chi connectivity index (χ0n) is 11.8. The molecule has 112 valence electrons. The van der Waals surface area contributed by atoms with Crippen molar-refractivity contribution in [3.8, 4) is 11.5 Å². The van der Waals surface area contributed by atoms with Gasteiger partial charge >= 0.3 is 6.61 Å². The molecule has 1 N–H and O–H groups in total. The molecule has 1 aromatic heterocycles. The predicted octanol–water partition coefficient (Wildman–Crippen LogP) is 3.61. The molecule has 2 rings (SSSR count). The number of methoxy groups -OCH3 is 1. The molecule has 21 heavy (non-hydrogen) atoms. The molecule has 0 aliphatic carbocycles. The second-order valence-electron chi connectivity index (χ2n) is 4.43. The molecule has 0 aliphatic rings. The number of pyridine rings is 1. The summed E-state index contributed by atoms with van der Waals surface area (Å²) in [6.45, 7) is -0.653. The molecule has 0 bridgehead atoms. The summed E-state index contributed by atoms with van der Waals surface area (Å²) in [5.41, 5.74) is 2.40. The Morgan fingerprint density at radius 2 is 2.10 bits per heavy atom. The summed E-state index contributed by atoms with van der Waals surface area (Å²) < 4.78 is 34.7. The maximum absolute atomic E-state index is 12.5. The predicted molar refractivity (Wildman–Crippen MR) is 75.9 cm³/mol. The largest absolute Gasteiger partial charge is 0.493 e. The Hall–Kier alpha value is -2.37. The number of nitrogens with one attached hydrogen (secondary N) is 1. The minimum Gasteiger partial charge on any atom is -0.493 e. The highest BCUT2D eigenvalue weighted by Gasteiger charge is 2.15. The summed E-state index contributed by atoms with van der Waals surface area (Å²) in [6, 6.07) is 6.93. The van der Waals surface area contributed by atoms with Crippen molar-refractivity contribution in [1.29, 1.82) is 0 Å². The van der Waals surface area contributed by atoms with Crippen LogP contribution in [0.1, 0.15) is 11.1 Å². The fraction of sp³-hybridized carbons (Fsp3) is 0.267. The van der Waals surface area contributed by atoms with E-state index in [-0.39, 0.29) is 11.5 Å². The minimum atomic E-state index is -2.90. The lowest BCUT2D eigenvalue weighted by Gasteiger charge is -2.15. The molecular weight excluding hydrogens is 278 g/mol. The van der Waals surface area contributed by atoms with Gasteiger partial charge in [0, 0.05) is 24.5 Å². The number of nitrogens with zero attached hydrogens (tertiary/aromatic N) is 1. The van der Waals surface area contributed by atoms with Crippen LogP contribution in [0.2, 0.25) is 0 Å². The normalized spacial score (nSPS) is 10.5. The van der Waals surface area contributed by atoms with E-state index in [1.165, 1.54) is 7.11 Å². The average Bonchev–Trinajstić information content (AvgIpc) is 2.45. The third kappa shape index (κ3) is 4.05. The highest BCUT2D eigenvalue weighted by atomic mass is 19.3. The number of anilines is 1. The molecule has 0 fully saturated rings. The molecule has 0 saturated heterocycles. The number of halogens is 2. The van der Waals surface area contributed by atoms with E-state index in [0.717, 1.165) is 11.3 Å². The van der Waals surface area contributed by atoms with Crippen LogP contribution in [0.15, 0.2) is 36.7 Å². The lowest BCUT2D eigenvalue weighted by Crippen LogP contribution is -2.08. The smallest absolute Gasteiger partial charge is 0.387 e. The summed E-state index contributed by atoms with van der Waals surface area (Å²) in [6.07, 6.45) is 3.41. The average molecular weight is 294 g/mol. The molecular formula is C15H16F2N2O2. The number of aryl methyl sites for hydroxylation is 1. The highest BCUT2D eigenvalue weighted by Crippen LogP contribution is 2.32. The molecule has 0 spiro atoms. The maximum atomic E-state index is 12.5. The van der Waals surface area contributed by atoms with Gasteiger partial charge in [0.25, 0.3) is 0 Å². The number of hydrogen-bond donors (Lipinski definition) is 1. The second-order valence-corrected chi connectivity index (χ2v) is 4.43. The van der Waals surface area contributed by atoms with E-state index in [1.807, 2.05) is 13.0 Å². The third-order valence-corrected chi connectivity index (χ3v) is 2.85. The molecule has 0 radical (unpaired) electrons. The van der Waals surface area contributed by atoms with Crippen LogP contribution in [0.4, 0.5) is 14.5 Å². The Labute approximate surface area is 121 Å². The molecule has 0 saturated carbocycles. The van der Waals surface area contributed by atoms with E-state index >= 15 is 0 Å². The Balaban J connectivity index is 2.19. The zero-order chi connectivity index (χ0) is 15.2. The summed E-state index contributed by atoms with van der Waals surface area (Å²) >= 11 is 0. The fourth-order valence-electron chi connectivity index (χ4n) is 1.93. The van der Waals surface area contributed by atoms with Gasteiger partial charge in [-0.15, -0.1) is 0 Å². The Bertz CT molecular complexity index is 606. The number of alkyl halides is 2. The number of para-hydroxylation sites is 1. The molecule has 1 heterocycles. The molecule has 6 heteroatoms. The highest BCUT2D eigenvalue weighted by molar-refractivity contribution is 5.50. The quantitative estimate of drug-likeness (QED) is 0.884. The molecule has 0 aliphatic heterocycles. The summed E-state index contributed by atoms with van der Waals surface area (Å²) in [4.78, 5) is 4.06. The van der Waals surface area contributed by atoms with E-state index in [4.69, 9.17) is 4.74 Å². The van der Waals surface area contributed by atoms with E-state index in [9.17, 15) is 8.78 Å². The number of hydrogen-bond acceptors (Lipinski definition) is 4. The summed E-state index contributed by atoms with van der Waals surface area (Å²) in [5.74, 6) is 0.320. The lowest BCUT2D eigenvalue weighted by molar-refractivity contribution is -0.0517. The van der Waals surface area contributed by atoms with Crippen molar-refractivity contribution in [1.82, 2.24) is 4.98 Å². The summed E-state index contributed by atoms with van der Waals surface area (Å²) in [5, 5.41) is 3.12. The third-order valence-electron chi connectivity index (χ3n) is 2.85. The van der Waals surface area contributed by atoms with Gasteiger partial charge in [0.05, 0.1) is 12.8 Å². The van der Waals surface area contributed by atoms with Gasteiger partial charge in [-0.1, -0.05) is 12.1 Å². The molecule has 4 nitrogen and oxygen atoms in total. The van der Waals surface area contributed by atoms with Gasteiger partial charge in [0.15, 0.2) is 11.5 Å². The van der Waals surface area contributed by atoms with Crippen LogP contribution in [0.25, 0.3) is 0 Å². The first-order chi connectivity index (χ1) is 10.1. The lowest BCUT2D eigenvalue weighted by atomic mass is 10.1. The fourth-order valence-corrected chi connectivity index (χ4v) is 1.93. The van der Waals surface area contributed by atoms with Crippen LogP contribution in [-0.4, -0.2) is 18.7 Å². The van der Waals surface area contributed by atoms with Crippen molar-refractivity contribution < 1.29 is 18.3 Å². The van der Waals surface area contributed by atoms with Gasteiger partial charge in [-0.05, 0) is 24.6 Å². The van der Waals surface area contributed by atoms with Gasteiger partial charge in [-0.3, -0.25) is 4.98 Å². The number of ether oxygens (including phenoxy) is 2. The number of benzene rings is 1. The Kier molecular flexibility index (Phi) is 4.92. The van der Waals surface area contributed by atoms with Gasteiger partial charge in [0.2, 0.25) is 0 Å². The SMILES string of the molecule is COc1cccc(CNc2cncc(C)c2)c1OC(F)F. The minimum absolute atomic E-state index is 0.0445. The second kappa shape index (κ2) is 6.88. The molecule has 0 unspecified atom stereocenters. The van der Waals surface area contributed by atoms with Crippen LogP contribution in [0, 0.1) is 6.92 Å². The first kappa shape index (κ1) is 15.0. The summed E-state index contributed by atoms with van der Waals surface area (Å²) in [7, 11) is 1.41. The van der Waals surface area contributed by atoms with Crippen molar-refractivity contribution in [2.45, 2.75) is 20.1 Å². The van der Waals surface area contributed by atoms with Gasteiger partial charge < -0.3 is 14.8 Å². The Morgan fingerprint density at radius 3 is 2.76 bits per heavy atom. The topological polar surface area (TPSA) is 43.4 Å². The van der Waals surface area contributed by atoms with Crippen molar-refractivity contribution in [3.63, 3.8) is 0 Å². The van der Waals surface area contributed by atoms with E-state index < -0.39 is 6.61 Å². The monoisotopic (exact) mass is 294 g/mol. The molecule has 2 aromatic rings. The van der Waals surface area contributed by atoms with Crippen molar-refractivity contribution in [2.75, 3.05) is 12.4 Å². The van der Waals surface area contributed by atoms with Crippen LogP contribution < -0.4 is 14.8 Å². The van der Waals surface area contributed by atoms with E-state index in [2.05, 4.69) is 15.0 Å². The molecule has 1 aromatic carbocycles. The first-order valence-corrected chi connectivity index (χ1v) is 6.36. The van der Waals surface area contributed by atoms with Crippen LogP contribution in [0.3, 0.4) is 0 Å². The number of rotatable bonds is 6.